The minimum Gasteiger partial charge on any atom is -0.292 e. The quantitative estimate of drug-likeness (QED) is 0.589. The number of nitrogens with zero attached hydrogens (tertiary/aromatic N) is 1. The Morgan fingerprint density at radius 3 is 2.42 bits per heavy atom. The van der Waals surface area contributed by atoms with Gasteiger partial charge in [0.1, 0.15) is 5.82 Å². The van der Waals surface area contributed by atoms with Gasteiger partial charge in [-0.2, -0.15) is 0 Å². The van der Waals surface area contributed by atoms with Crippen LogP contribution in [0.5, 0.6) is 0 Å². The van der Waals surface area contributed by atoms with Gasteiger partial charge in [0, 0.05) is 12.8 Å². The van der Waals surface area contributed by atoms with Crippen LogP contribution in [0.25, 0.3) is 0 Å². The third-order valence-corrected chi connectivity index (χ3v) is 3.66. The zero-order valence-corrected chi connectivity index (χ0v) is 12.7. The average molecular weight is 263 g/mol. The van der Waals surface area contributed by atoms with Gasteiger partial charge in [-0.1, -0.05) is 45.7 Å². The van der Waals surface area contributed by atoms with Crippen molar-refractivity contribution in [1.82, 2.24) is 0 Å². The summed E-state index contributed by atoms with van der Waals surface area (Å²) in [7, 11) is 1.78. The van der Waals surface area contributed by atoms with E-state index in [0.29, 0.717) is 5.92 Å². The summed E-state index contributed by atoms with van der Waals surface area (Å²) in [5.74, 6) is 0.266. The molecule has 0 fully saturated rings. The van der Waals surface area contributed by atoms with Gasteiger partial charge in [0.15, 0.2) is 0 Å². The van der Waals surface area contributed by atoms with Gasteiger partial charge in [-0.15, -0.1) is 0 Å². The minimum atomic E-state index is -0.0740. The highest BCUT2D eigenvalue weighted by Crippen LogP contribution is 2.27. The van der Waals surface area contributed by atoms with E-state index in [4.69, 9.17) is 0 Å². The maximum absolute atomic E-state index is 14.3. The molecule has 0 saturated heterocycles. The molecule has 0 aromatic heterocycles. The van der Waals surface area contributed by atoms with Crippen LogP contribution in [0.2, 0.25) is 0 Å². The Bertz CT molecular complexity index is 423. The van der Waals surface area contributed by atoms with Crippen LogP contribution in [-0.4, -0.2) is 12.8 Å². The molecule has 0 amide bonds. The summed E-state index contributed by atoms with van der Waals surface area (Å²) in [6, 6.07) is 5.63. The monoisotopic (exact) mass is 263 g/mol. The van der Waals surface area contributed by atoms with Crippen molar-refractivity contribution in [2.45, 2.75) is 58.8 Å². The molecule has 0 spiro atoms. The summed E-state index contributed by atoms with van der Waals surface area (Å²) in [4.78, 5) is 4.27. The van der Waals surface area contributed by atoms with Gasteiger partial charge >= 0.3 is 0 Å². The van der Waals surface area contributed by atoms with Crippen molar-refractivity contribution in [3.8, 4) is 0 Å². The largest absolute Gasteiger partial charge is 0.292 e. The number of halogens is 1. The van der Waals surface area contributed by atoms with Gasteiger partial charge in [0.05, 0.1) is 0 Å². The van der Waals surface area contributed by atoms with E-state index in [0.717, 1.165) is 48.9 Å². The second-order valence-electron chi connectivity index (χ2n) is 5.05. The first-order chi connectivity index (χ1) is 9.17. The van der Waals surface area contributed by atoms with Crippen molar-refractivity contribution in [1.29, 1.82) is 0 Å². The molecule has 2 heteroatoms. The molecule has 1 nitrogen and oxygen atoms in total. The van der Waals surface area contributed by atoms with Crippen LogP contribution in [0.4, 0.5) is 4.39 Å². The van der Waals surface area contributed by atoms with Crippen LogP contribution in [-0.2, 0) is 0 Å². The summed E-state index contributed by atoms with van der Waals surface area (Å²) >= 11 is 0. The molecular weight excluding hydrogens is 237 g/mol. The normalized spacial score (nSPS) is 13.6. The lowest BCUT2D eigenvalue weighted by atomic mass is 9.90. The fraction of sp³-hybridized carbons (Fsp3) is 0.588. The second kappa shape index (κ2) is 8.08. The van der Waals surface area contributed by atoms with Crippen LogP contribution < -0.4 is 0 Å². The highest BCUT2D eigenvalue weighted by atomic mass is 19.1. The molecule has 1 aromatic rings. The molecular formula is C17H26FN. The Morgan fingerprint density at radius 1 is 1.21 bits per heavy atom. The first-order valence-electron chi connectivity index (χ1n) is 7.43. The highest BCUT2D eigenvalue weighted by Gasteiger charge is 2.14. The van der Waals surface area contributed by atoms with E-state index >= 15 is 0 Å². The zero-order valence-electron chi connectivity index (χ0n) is 12.7. The van der Waals surface area contributed by atoms with Crippen molar-refractivity contribution in [3.05, 3.63) is 35.1 Å². The lowest BCUT2D eigenvalue weighted by Crippen LogP contribution is -2.05. The zero-order chi connectivity index (χ0) is 14.3. The fourth-order valence-corrected chi connectivity index (χ4v) is 2.59. The molecule has 0 aliphatic heterocycles. The molecule has 1 atom stereocenters. The topological polar surface area (TPSA) is 12.4 Å². The number of hydrogen-bond acceptors (Lipinski definition) is 1. The summed E-state index contributed by atoms with van der Waals surface area (Å²) in [6.07, 6.45) is 5.08. The van der Waals surface area contributed by atoms with Gasteiger partial charge < -0.3 is 0 Å². The average Bonchev–Trinajstić information content (AvgIpc) is 2.42. The van der Waals surface area contributed by atoms with Crippen LogP contribution >= 0.6 is 0 Å². The van der Waals surface area contributed by atoms with Gasteiger partial charge in [-0.05, 0) is 42.4 Å². The standard InChI is InChI=1S/C17H26FN/c1-5-8-13(7-3)15-11-10-14(12-16(15)18)17(19-4)9-6-2/h10-13H,5-9H2,1-4H3. The maximum Gasteiger partial charge on any atom is 0.127 e. The number of benzene rings is 1. The molecule has 1 unspecified atom stereocenters. The van der Waals surface area contributed by atoms with E-state index in [1.807, 2.05) is 12.1 Å². The van der Waals surface area contributed by atoms with E-state index < -0.39 is 0 Å². The molecule has 0 saturated carbocycles. The van der Waals surface area contributed by atoms with Crippen LogP contribution in [0.1, 0.15) is 69.9 Å². The smallest absolute Gasteiger partial charge is 0.127 e. The molecule has 0 aliphatic carbocycles. The first kappa shape index (κ1) is 15.9. The van der Waals surface area contributed by atoms with Crippen molar-refractivity contribution in [2.24, 2.45) is 4.99 Å². The number of hydrogen-bond donors (Lipinski definition) is 0. The van der Waals surface area contributed by atoms with Gasteiger partial charge in [-0.25, -0.2) is 4.39 Å². The molecule has 0 bridgehead atoms. The first-order valence-corrected chi connectivity index (χ1v) is 7.43. The van der Waals surface area contributed by atoms with Crippen molar-refractivity contribution in [3.63, 3.8) is 0 Å². The molecule has 19 heavy (non-hydrogen) atoms. The number of aliphatic imine (C=N–C) groups is 1. The van der Waals surface area contributed by atoms with E-state index in [2.05, 4.69) is 25.8 Å². The molecule has 106 valence electrons. The minimum absolute atomic E-state index is 0.0740. The lowest BCUT2D eigenvalue weighted by molar-refractivity contribution is 0.539. The molecule has 0 heterocycles. The predicted molar refractivity (Wildman–Crippen MR) is 81.7 cm³/mol. The molecule has 0 radical (unpaired) electrons. The lowest BCUT2D eigenvalue weighted by Gasteiger charge is -2.16. The Kier molecular flexibility index (Phi) is 6.75. The van der Waals surface area contributed by atoms with Gasteiger partial charge in [-0.3, -0.25) is 4.99 Å². The molecule has 0 N–H and O–H groups in total. The number of rotatable bonds is 7. The molecule has 1 rings (SSSR count). The van der Waals surface area contributed by atoms with Crippen molar-refractivity contribution in [2.75, 3.05) is 7.05 Å². The van der Waals surface area contributed by atoms with Crippen LogP contribution in [0.15, 0.2) is 23.2 Å². The summed E-state index contributed by atoms with van der Waals surface area (Å²) in [5, 5.41) is 0. The van der Waals surface area contributed by atoms with Crippen LogP contribution in [0, 0.1) is 5.82 Å². The third-order valence-electron chi connectivity index (χ3n) is 3.66. The van der Waals surface area contributed by atoms with Crippen molar-refractivity contribution < 1.29 is 4.39 Å². The fourth-order valence-electron chi connectivity index (χ4n) is 2.59. The Balaban J connectivity index is 3.02. The Labute approximate surface area is 117 Å². The second-order valence-corrected chi connectivity index (χ2v) is 5.05. The SMILES string of the molecule is CCCC(=NC)c1ccc(C(CC)CCC)c(F)c1. The predicted octanol–water partition coefficient (Wildman–Crippen LogP) is 5.34. The van der Waals surface area contributed by atoms with E-state index in [-0.39, 0.29) is 5.82 Å². The van der Waals surface area contributed by atoms with E-state index in [1.165, 1.54) is 0 Å². The van der Waals surface area contributed by atoms with E-state index in [9.17, 15) is 4.39 Å². The summed E-state index contributed by atoms with van der Waals surface area (Å²) in [5.41, 5.74) is 2.79. The molecule has 0 aliphatic rings. The van der Waals surface area contributed by atoms with E-state index in [1.54, 1.807) is 13.1 Å². The van der Waals surface area contributed by atoms with Crippen molar-refractivity contribution >= 4 is 5.71 Å². The molecule has 1 aromatic carbocycles. The third kappa shape index (κ3) is 4.15. The van der Waals surface area contributed by atoms with Crippen LogP contribution in [0.3, 0.4) is 0 Å². The Morgan fingerprint density at radius 2 is 1.95 bits per heavy atom. The summed E-state index contributed by atoms with van der Waals surface area (Å²) < 4.78 is 14.3. The highest BCUT2D eigenvalue weighted by molar-refractivity contribution is 6.00. The Hall–Kier alpha value is -1.18. The summed E-state index contributed by atoms with van der Waals surface area (Å²) in [6.45, 7) is 6.39. The van der Waals surface area contributed by atoms with Gasteiger partial charge in [0.2, 0.25) is 0 Å². The van der Waals surface area contributed by atoms with Gasteiger partial charge in [0.25, 0.3) is 0 Å². The maximum atomic E-state index is 14.3.